The molecule has 5 heteroatoms. The number of carbonyl (C=O) groups is 2. The van der Waals surface area contributed by atoms with Gasteiger partial charge in [-0.05, 0) is 32.6 Å². The molecule has 0 saturated heterocycles. The molecule has 0 spiro atoms. The van der Waals surface area contributed by atoms with Crippen LogP contribution in [0.2, 0.25) is 0 Å². The molecular formula is C11H20N2O3. The van der Waals surface area contributed by atoms with E-state index in [9.17, 15) is 9.59 Å². The molecule has 16 heavy (non-hydrogen) atoms. The second-order valence-corrected chi connectivity index (χ2v) is 4.62. The first-order valence-electron chi connectivity index (χ1n) is 5.69. The van der Waals surface area contributed by atoms with Gasteiger partial charge in [-0.1, -0.05) is 6.92 Å². The molecule has 0 aromatic carbocycles. The quantitative estimate of drug-likeness (QED) is 0.764. The molecule has 2 amide bonds. The van der Waals surface area contributed by atoms with Crippen LogP contribution in [0.25, 0.3) is 0 Å². The molecule has 1 rings (SSSR count). The number of carboxylic acid groups (broad SMARTS) is 1. The fourth-order valence-corrected chi connectivity index (χ4v) is 1.56. The van der Waals surface area contributed by atoms with Gasteiger partial charge in [-0.25, -0.2) is 9.59 Å². The van der Waals surface area contributed by atoms with Crippen molar-refractivity contribution in [3.63, 3.8) is 0 Å². The smallest absolute Gasteiger partial charge is 0.329 e. The molecule has 1 fully saturated rings. The Balaban J connectivity index is 2.57. The van der Waals surface area contributed by atoms with E-state index in [4.69, 9.17) is 5.11 Å². The molecule has 2 N–H and O–H groups in total. The molecule has 0 aromatic heterocycles. The summed E-state index contributed by atoms with van der Waals surface area (Å²) in [6.45, 7) is 3.28. The van der Waals surface area contributed by atoms with Crippen LogP contribution in [0.4, 0.5) is 4.79 Å². The highest BCUT2D eigenvalue weighted by molar-refractivity contribution is 5.85. The minimum absolute atomic E-state index is 0.273. The van der Waals surface area contributed by atoms with Crippen LogP contribution < -0.4 is 5.32 Å². The summed E-state index contributed by atoms with van der Waals surface area (Å²) in [5.41, 5.74) is -1.17. The van der Waals surface area contributed by atoms with Crippen molar-refractivity contribution in [3.8, 4) is 0 Å². The lowest BCUT2D eigenvalue weighted by atomic mass is 9.92. The van der Waals surface area contributed by atoms with Crippen molar-refractivity contribution in [2.75, 3.05) is 7.05 Å². The Bertz CT molecular complexity index is 289. The van der Waals surface area contributed by atoms with Crippen molar-refractivity contribution in [1.29, 1.82) is 0 Å². The second-order valence-electron chi connectivity index (χ2n) is 4.62. The van der Waals surface area contributed by atoms with Crippen LogP contribution in [-0.2, 0) is 4.79 Å². The maximum Gasteiger partial charge on any atom is 0.329 e. The highest BCUT2D eigenvalue weighted by atomic mass is 16.4. The molecule has 1 saturated carbocycles. The zero-order valence-electron chi connectivity index (χ0n) is 10.1. The number of carbonyl (C=O) groups excluding carboxylic acids is 1. The standard InChI is InChI=1S/C11H20N2O3/c1-4-11(2,9(14)15)12-10(16)13(3)8-6-5-7-8/h8H,4-7H2,1-3H3,(H,12,16)(H,14,15). The number of carboxylic acids is 1. The number of urea groups is 1. The molecule has 5 nitrogen and oxygen atoms in total. The van der Waals surface area contributed by atoms with E-state index in [1.54, 1.807) is 18.9 Å². The normalized spacial score (nSPS) is 19.4. The largest absolute Gasteiger partial charge is 0.480 e. The van der Waals surface area contributed by atoms with Crippen molar-refractivity contribution in [2.45, 2.75) is 51.1 Å². The predicted molar refractivity (Wildman–Crippen MR) is 60.3 cm³/mol. The molecule has 0 aliphatic heterocycles. The van der Waals surface area contributed by atoms with Crippen molar-refractivity contribution in [1.82, 2.24) is 10.2 Å². The van der Waals surface area contributed by atoms with Gasteiger partial charge in [0.2, 0.25) is 0 Å². The summed E-state index contributed by atoms with van der Waals surface area (Å²) in [6.07, 6.45) is 3.54. The molecule has 1 aliphatic rings. The van der Waals surface area contributed by atoms with Crippen molar-refractivity contribution in [3.05, 3.63) is 0 Å². The van der Waals surface area contributed by atoms with Gasteiger partial charge in [0.25, 0.3) is 0 Å². The summed E-state index contributed by atoms with van der Waals surface area (Å²) in [5.74, 6) is -0.995. The molecule has 1 unspecified atom stereocenters. The topological polar surface area (TPSA) is 69.6 Å². The van der Waals surface area contributed by atoms with E-state index in [0.717, 1.165) is 19.3 Å². The SMILES string of the molecule is CCC(C)(NC(=O)N(C)C1CCC1)C(=O)O. The maximum absolute atomic E-state index is 11.8. The van der Waals surface area contributed by atoms with Gasteiger partial charge in [0, 0.05) is 13.1 Å². The molecule has 0 bridgehead atoms. The number of aliphatic carboxylic acids is 1. The lowest BCUT2D eigenvalue weighted by Crippen LogP contribution is -2.57. The Morgan fingerprint density at radius 2 is 2.06 bits per heavy atom. The van der Waals surface area contributed by atoms with Crippen LogP contribution >= 0.6 is 0 Å². The van der Waals surface area contributed by atoms with Crippen LogP contribution in [-0.4, -0.2) is 40.6 Å². The van der Waals surface area contributed by atoms with Gasteiger partial charge in [0.15, 0.2) is 0 Å². The Kier molecular flexibility index (Phi) is 3.78. The summed E-state index contributed by atoms with van der Waals surface area (Å²) in [7, 11) is 1.72. The fourth-order valence-electron chi connectivity index (χ4n) is 1.56. The zero-order valence-corrected chi connectivity index (χ0v) is 10.1. The number of rotatable bonds is 4. The molecular weight excluding hydrogens is 208 g/mol. The van der Waals surface area contributed by atoms with Crippen molar-refractivity contribution >= 4 is 12.0 Å². The molecule has 1 atom stereocenters. The van der Waals surface area contributed by atoms with Gasteiger partial charge in [-0.2, -0.15) is 0 Å². The van der Waals surface area contributed by atoms with E-state index in [2.05, 4.69) is 5.32 Å². The monoisotopic (exact) mass is 228 g/mol. The average molecular weight is 228 g/mol. The number of nitrogens with zero attached hydrogens (tertiary/aromatic N) is 1. The van der Waals surface area contributed by atoms with Gasteiger partial charge < -0.3 is 15.3 Å². The van der Waals surface area contributed by atoms with Crippen LogP contribution in [0.3, 0.4) is 0 Å². The summed E-state index contributed by atoms with van der Waals surface area (Å²) >= 11 is 0. The van der Waals surface area contributed by atoms with Gasteiger partial charge in [0.1, 0.15) is 5.54 Å². The lowest BCUT2D eigenvalue weighted by molar-refractivity contribution is -0.143. The fraction of sp³-hybridized carbons (Fsp3) is 0.818. The summed E-state index contributed by atoms with van der Waals surface area (Å²) in [6, 6.07) is -0.0219. The third kappa shape index (κ3) is 2.46. The van der Waals surface area contributed by atoms with E-state index in [1.165, 1.54) is 6.92 Å². The minimum atomic E-state index is -1.17. The first kappa shape index (κ1) is 12.8. The highest BCUT2D eigenvalue weighted by Gasteiger charge is 2.35. The number of amides is 2. The van der Waals surface area contributed by atoms with Crippen LogP contribution in [0.1, 0.15) is 39.5 Å². The third-order valence-electron chi connectivity index (χ3n) is 3.50. The Hall–Kier alpha value is -1.26. The highest BCUT2D eigenvalue weighted by Crippen LogP contribution is 2.24. The van der Waals surface area contributed by atoms with E-state index < -0.39 is 11.5 Å². The zero-order chi connectivity index (χ0) is 12.3. The predicted octanol–water partition coefficient (Wildman–Crippen LogP) is 1.43. The molecule has 0 heterocycles. The van der Waals surface area contributed by atoms with Gasteiger partial charge in [-0.15, -0.1) is 0 Å². The number of nitrogens with one attached hydrogen (secondary N) is 1. The second kappa shape index (κ2) is 4.72. The lowest BCUT2D eigenvalue weighted by Gasteiger charge is -2.36. The van der Waals surface area contributed by atoms with E-state index in [1.807, 2.05) is 0 Å². The first-order chi connectivity index (χ1) is 7.40. The molecule has 92 valence electrons. The average Bonchev–Trinajstić information content (AvgIpc) is 2.14. The molecule has 0 radical (unpaired) electrons. The van der Waals surface area contributed by atoms with E-state index in [-0.39, 0.29) is 12.1 Å². The van der Waals surface area contributed by atoms with Crippen LogP contribution in [0, 0.1) is 0 Å². The Morgan fingerprint density at radius 1 is 1.50 bits per heavy atom. The van der Waals surface area contributed by atoms with Crippen molar-refractivity contribution in [2.24, 2.45) is 0 Å². The van der Waals surface area contributed by atoms with Gasteiger partial charge in [-0.3, -0.25) is 0 Å². The summed E-state index contributed by atoms with van der Waals surface area (Å²) in [5, 5.41) is 11.6. The van der Waals surface area contributed by atoms with E-state index in [0.29, 0.717) is 6.42 Å². The van der Waals surface area contributed by atoms with Crippen molar-refractivity contribution < 1.29 is 14.7 Å². The van der Waals surface area contributed by atoms with E-state index >= 15 is 0 Å². The van der Waals surface area contributed by atoms with Crippen LogP contribution in [0.15, 0.2) is 0 Å². The maximum atomic E-state index is 11.8. The summed E-state index contributed by atoms with van der Waals surface area (Å²) in [4.78, 5) is 24.4. The molecule has 1 aliphatic carbocycles. The van der Waals surface area contributed by atoms with Gasteiger partial charge >= 0.3 is 12.0 Å². The third-order valence-corrected chi connectivity index (χ3v) is 3.50. The number of hydrogen-bond acceptors (Lipinski definition) is 2. The Morgan fingerprint density at radius 3 is 2.38 bits per heavy atom. The number of hydrogen-bond donors (Lipinski definition) is 2. The minimum Gasteiger partial charge on any atom is -0.480 e. The first-order valence-corrected chi connectivity index (χ1v) is 5.69. The Labute approximate surface area is 95.8 Å². The summed E-state index contributed by atoms with van der Waals surface area (Å²) < 4.78 is 0. The molecule has 0 aromatic rings. The van der Waals surface area contributed by atoms with Gasteiger partial charge in [0.05, 0.1) is 0 Å². The van der Waals surface area contributed by atoms with Crippen LogP contribution in [0.5, 0.6) is 0 Å².